The number of hydrogen-bond acceptors (Lipinski definition) is 4. The lowest BCUT2D eigenvalue weighted by Crippen LogP contribution is -2.67. The maximum atomic E-state index is 14.6. The predicted molar refractivity (Wildman–Crippen MR) is 138 cm³/mol. The van der Waals surface area contributed by atoms with Crippen molar-refractivity contribution in [2.45, 2.75) is 34.9 Å². The van der Waals surface area contributed by atoms with Crippen LogP contribution in [0.2, 0.25) is 15.5 Å². The molecule has 0 aromatic heterocycles. The number of carbonyl (C=O) groups is 4. The maximum absolute atomic E-state index is 14.6. The highest BCUT2D eigenvalue weighted by atomic mass is 35.5. The average molecular weight is 521 g/mol. The lowest BCUT2D eigenvalue weighted by molar-refractivity contribution is -0.148. The van der Waals surface area contributed by atoms with E-state index >= 15 is 0 Å². The number of imide groups is 1. The van der Waals surface area contributed by atoms with Crippen molar-refractivity contribution in [2.75, 3.05) is 0 Å². The topological polar surface area (TPSA) is 86.8 Å². The summed E-state index contributed by atoms with van der Waals surface area (Å²) in [6, 6.07) is 6.77. The average Bonchev–Trinajstić information content (AvgIpc) is 3.17. The van der Waals surface area contributed by atoms with Gasteiger partial charge in [0, 0.05) is 28.6 Å². The first-order valence-electron chi connectivity index (χ1n) is 10.9. The first kappa shape index (κ1) is 28.1. The third-order valence-corrected chi connectivity index (χ3v) is 6.88. The van der Waals surface area contributed by atoms with Gasteiger partial charge in [0.15, 0.2) is 0 Å². The Bertz CT molecular complexity index is 1360. The number of alkyl halides is 2. The molecule has 2 aromatic carbocycles. The third kappa shape index (κ3) is 4.28. The lowest BCUT2D eigenvalue weighted by atomic mass is 9.26. The normalized spacial score (nSPS) is 21.2. The fourth-order valence-corrected chi connectivity index (χ4v) is 4.43. The van der Waals surface area contributed by atoms with Gasteiger partial charge in [-0.15, -0.1) is 0 Å². The molecule has 4 rings (SSSR count). The van der Waals surface area contributed by atoms with Gasteiger partial charge in [-0.3, -0.25) is 19.2 Å². The molecule has 4 amide bonds. The summed E-state index contributed by atoms with van der Waals surface area (Å²) in [6.07, 6.45) is 0. The van der Waals surface area contributed by atoms with Gasteiger partial charge in [0.1, 0.15) is 13.9 Å². The van der Waals surface area contributed by atoms with Crippen LogP contribution in [-0.4, -0.2) is 86.6 Å². The fourth-order valence-electron chi connectivity index (χ4n) is 4.31. The second-order valence-electron chi connectivity index (χ2n) is 9.10. The Hall–Kier alpha value is -2.94. The molecule has 1 fully saturated rings. The van der Waals surface area contributed by atoms with Crippen molar-refractivity contribution in [3.8, 4) is 0 Å². The minimum atomic E-state index is -3.92. The minimum Gasteiger partial charge on any atom is -0.352 e. The summed E-state index contributed by atoms with van der Waals surface area (Å²) in [5, 5.41) is -2.65. The molecule has 0 saturated carbocycles. The first-order valence-corrected chi connectivity index (χ1v) is 11.3. The Morgan fingerprint density at radius 3 is 2.29 bits per heavy atom. The van der Waals surface area contributed by atoms with Crippen molar-refractivity contribution in [1.82, 2.24) is 15.0 Å². The number of halogens is 3. The Labute approximate surface area is 229 Å². The molecule has 38 heavy (non-hydrogen) atoms. The molecule has 2 atom stereocenters. The summed E-state index contributed by atoms with van der Waals surface area (Å²) in [7, 11) is 35.1. The summed E-state index contributed by atoms with van der Waals surface area (Å²) in [5.74, 6) is -10.0. The van der Waals surface area contributed by atoms with E-state index in [2.05, 4.69) is 0 Å². The Balaban J connectivity index is 1.56. The van der Waals surface area contributed by atoms with Crippen molar-refractivity contribution >= 4 is 82.4 Å². The van der Waals surface area contributed by atoms with Crippen LogP contribution in [0.3, 0.4) is 0 Å². The summed E-state index contributed by atoms with van der Waals surface area (Å²) in [5.41, 5.74) is -0.0230. The van der Waals surface area contributed by atoms with E-state index in [1.165, 1.54) is 30.3 Å². The predicted octanol–water partition coefficient (Wildman–Crippen LogP) is 0.0984. The molecule has 2 heterocycles. The minimum absolute atomic E-state index is 0.0995. The summed E-state index contributed by atoms with van der Waals surface area (Å²) in [4.78, 5) is 51.6. The van der Waals surface area contributed by atoms with Gasteiger partial charge in [-0.1, -0.05) is 41.1 Å². The van der Waals surface area contributed by atoms with Crippen molar-refractivity contribution in [3.05, 3.63) is 69.7 Å². The number of piperidine rings is 1. The molecule has 0 spiro atoms. The zero-order valence-electron chi connectivity index (χ0n) is 19.5. The molecule has 1 saturated heterocycles. The van der Waals surface area contributed by atoms with E-state index in [-0.39, 0.29) is 27.5 Å². The van der Waals surface area contributed by atoms with Gasteiger partial charge in [0.25, 0.3) is 11.8 Å². The fraction of sp³-hybridized carbons (Fsp3) is 0.273. The van der Waals surface area contributed by atoms with Crippen LogP contribution in [0.25, 0.3) is 0 Å². The molecule has 16 heteroatoms. The number of benzene rings is 2. The smallest absolute Gasteiger partial charge is 0.349 e. The first-order chi connectivity index (χ1) is 17.5. The molecule has 12 radical (unpaired) electrons. The number of amides is 4. The molecule has 178 valence electrons. The second kappa shape index (κ2) is 9.36. The molecule has 0 aliphatic carbocycles. The molecule has 2 aromatic rings. The van der Waals surface area contributed by atoms with Gasteiger partial charge >= 0.3 is 5.92 Å². The molecule has 2 aliphatic rings. The standard InChI is InChI=1S/C22H12B6ClF2N3O4/c23-15(32-18(37)20(30,31)11-2-4-12(29)5-3-11)9-1-6-13-10(7-9)8-33(16(13)35)14-17(36)34(28)19(38)22(26,27)21(14,24)25/h1-7,14-15H,8H2,(H,32,37). The van der Waals surface area contributed by atoms with Gasteiger partial charge in [0.05, 0.1) is 31.4 Å². The lowest BCUT2D eigenvalue weighted by Gasteiger charge is -2.55. The number of nitrogens with one attached hydrogen (secondary N) is 1. The zero-order chi connectivity index (χ0) is 28.4. The number of hydrogen-bond donors (Lipinski definition) is 1. The summed E-state index contributed by atoms with van der Waals surface area (Å²) >= 11 is 5.71. The highest BCUT2D eigenvalue weighted by Crippen LogP contribution is 2.52. The molecular weight excluding hydrogens is 509 g/mol. The van der Waals surface area contributed by atoms with Crippen LogP contribution in [0.4, 0.5) is 8.78 Å². The van der Waals surface area contributed by atoms with Gasteiger partial charge in [0.2, 0.25) is 19.8 Å². The van der Waals surface area contributed by atoms with E-state index in [0.29, 0.717) is 5.56 Å². The van der Waals surface area contributed by atoms with Gasteiger partial charge < -0.3 is 15.0 Å². The van der Waals surface area contributed by atoms with Crippen molar-refractivity contribution < 1.29 is 28.0 Å². The van der Waals surface area contributed by atoms with Crippen molar-refractivity contribution in [3.63, 3.8) is 0 Å². The third-order valence-electron chi connectivity index (χ3n) is 6.62. The number of carbonyl (C=O) groups excluding carboxylic acids is 4. The monoisotopic (exact) mass is 521 g/mol. The van der Waals surface area contributed by atoms with E-state index in [9.17, 15) is 28.0 Å². The number of nitrogens with zero attached hydrogens (tertiary/aromatic N) is 2. The second-order valence-corrected chi connectivity index (χ2v) is 9.54. The highest BCUT2D eigenvalue weighted by molar-refractivity contribution is 6.65. The molecule has 1 N–H and O–H groups in total. The largest absolute Gasteiger partial charge is 0.352 e. The van der Waals surface area contributed by atoms with Crippen LogP contribution in [0.5, 0.6) is 0 Å². The van der Waals surface area contributed by atoms with Crippen LogP contribution in [-0.2, 0) is 26.9 Å². The quantitative estimate of drug-likeness (QED) is 0.448. The Morgan fingerprint density at radius 1 is 1.08 bits per heavy atom. The van der Waals surface area contributed by atoms with E-state index in [1.807, 2.05) is 5.32 Å². The van der Waals surface area contributed by atoms with Crippen molar-refractivity contribution in [2.24, 2.45) is 0 Å². The SMILES string of the molecule is [B]C(NC(=O)C(F)(F)c1ccc(Cl)cc1)c1ccc2c(c1)CN(C1C(=O)N([B])C(=O)C([B])([B])C1([B])[B])C2=O. The van der Waals surface area contributed by atoms with Gasteiger partial charge in [-0.05, 0) is 34.5 Å². The number of rotatable bonds is 5. The van der Waals surface area contributed by atoms with E-state index < -0.39 is 57.5 Å². The molecule has 2 unspecified atom stereocenters. The molecular formula is C22H12B6ClF2N3O4. The summed E-state index contributed by atoms with van der Waals surface area (Å²) in [6.45, 7) is -0.270. The molecule has 2 aliphatic heterocycles. The highest BCUT2D eigenvalue weighted by Gasteiger charge is 2.58. The van der Waals surface area contributed by atoms with E-state index in [1.54, 1.807) is 0 Å². The van der Waals surface area contributed by atoms with Crippen LogP contribution < -0.4 is 5.32 Å². The molecule has 7 nitrogen and oxygen atoms in total. The Kier molecular flexibility index (Phi) is 6.92. The molecule has 0 bridgehead atoms. The van der Waals surface area contributed by atoms with Crippen LogP contribution in [0.15, 0.2) is 42.5 Å². The van der Waals surface area contributed by atoms with E-state index in [0.717, 1.165) is 17.0 Å². The van der Waals surface area contributed by atoms with Crippen LogP contribution in [0, 0.1) is 0 Å². The van der Waals surface area contributed by atoms with E-state index in [4.69, 9.17) is 58.8 Å². The van der Waals surface area contributed by atoms with Crippen LogP contribution in [0.1, 0.15) is 33.0 Å². The summed E-state index contributed by atoms with van der Waals surface area (Å²) < 4.78 is 29.3. The van der Waals surface area contributed by atoms with Gasteiger partial charge in [-0.2, -0.15) is 8.78 Å². The Morgan fingerprint density at radius 2 is 1.68 bits per heavy atom. The number of fused-ring (bicyclic) bond motifs is 1. The van der Waals surface area contributed by atoms with Crippen molar-refractivity contribution in [1.29, 1.82) is 0 Å². The zero-order valence-corrected chi connectivity index (χ0v) is 20.3. The maximum Gasteiger partial charge on any atom is 0.349 e. The van der Waals surface area contributed by atoms with Crippen LogP contribution >= 0.6 is 11.6 Å². The van der Waals surface area contributed by atoms with Gasteiger partial charge in [-0.25, -0.2) is 0 Å².